The Labute approximate surface area is 169 Å². The Hall–Kier alpha value is -3.55. The maximum Gasteiger partial charge on any atom is 0.338 e. The summed E-state index contributed by atoms with van der Waals surface area (Å²) in [6.07, 6.45) is 0. The number of amides is 2. The molecule has 8 heteroatoms. The minimum absolute atomic E-state index is 0.239. The van der Waals surface area contributed by atoms with Gasteiger partial charge in [-0.3, -0.25) is 9.59 Å². The number of anilines is 1. The topological polar surface area (TPSA) is 103 Å². The number of nitrogens with one attached hydrogen (secondary N) is 2. The van der Waals surface area contributed by atoms with Crippen molar-refractivity contribution in [3.05, 3.63) is 54.1 Å². The van der Waals surface area contributed by atoms with E-state index in [1.165, 1.54) is 19.1 Å². The van der Waals surface area contributed by atoms with E-state index in [0.29, 0.717) is 18.0 Å². The Morgan fingerprint density at radius 3 is 2.31 bits per heavy atom. The molecule has 0 spiro atoms. The summed E-state index contributed by atoms with van der Waals surface area (Å²) in [7, 11) is 0. The van der Waals surface area contributed by atoms with Crippen LogP contribution in [0.25, 0.3) is 0 Å². The summed E-state index contributed by atoms with van der Waals surface area (Å²) in [6.45, 7) is 4.00. The molecule has 0 saturated heterocycles. The Kier molecular flexibility index (Phi) is 8.50. The van der Waals surface area contributed by atoms with Crippen molar-refractivity contribution in [1.29, 1.82) is 0 Å². The number of hydrogen-bond acceptors (Lipinski definition) is 6. The summed E-state index contributed by atoms with van der Waals surface area (Å²) in [5.41, 5.74) is 0.714. The average Bonchev–Trinajstić information content (AvgIpc) is 2.70. The number of benzene rings is 2. The van der Waals surface area contributed by atoms with Gasteiger partial charge in [-0.25, -0.2) is 4.79 Å². The number of rotatable bonds is 10. The third kappa shape index (κ3) is 7.92. The largest absolute Gasteiger partial charge is 0.494 e. The molecule has 8 nitrogen and oxygen atoms in total. The lowest BCUT2D eigenvalue weighted by Gasteiger charge is -2.09. The van der Waals surface area contributed by atoms with Gasteiger partial charge in [0.05, 0.1) is 18.7 Å². The molecule has 2 amide bonds. The third-order valence-electron chi connectivity index (χ3n) is 3.58. The first kappa shape index (κ1) is 21.7. The van der Waals surface area contributed by atoms with Crippen molar-refractivity contribution >= 4 is 23.5 Å². The van der Waals surface area contributed by atoms with Crippen molar-refractivity contribution < 1.29 is 28.6 Å². The van der Waals surface area contributed by atoms with Gasteiger partial charge in [-0.2, -0.15) is 0 Å². The fraction of sp³-hybridized carbons (Fsp3) is 0.286. The van der Waals surface area contributed by atoms with Crippen LogP contribution in [0.2, 0.25) is 0 Å². The number of carbonyl (C=O) groups excluding carboxylic acids is 3. The molecule has 0 saturated carbocycles. The van der Waals surface area contributed by atoms with Gasteiger partial charge >= 0.3 is 5.97 Å². The van der Waals surface area contributed by atoms with E-state index in [9.17, 15) is 14.4 Å². The predicted molar refractivity (Wildman–Crippen MR) is 107 cm³/mol. The highest BCUT2D eigenvalue weighted by molar-refractivity contribution is 5.94. The Balaban J connectivity index is 1.67. The Bertz CT molecular complexity index is 835. The lowest BCUT2D eigenvalue weighted by atomic mass is 10.2. The van der Waals surface area contributed by atoms with Gasteiger partial charge in [0.15, 0.2) is 6.61 Å². The molecule has 0 aliphatic heterocycles. The summed E-state index contributed by atoms with van der Waals surface area (Å²) in [5.74, 6) is 0.0813. The van der Waals surface area contributed by atoms with Gasteiger partial charge in [-0.05, 0) is 49.4 Å². The van der Waals surface area contributed by atoms with Gasteiger partial charge in [0, 0.05) is 12.6 Å². The molecule has 0 atom stereocenters. The molecule has 0 bridgehead atoms. The van der Waals surface area contributed by atoms with Crippen LogP contribution in [0.1, 0.15) is 24.2 Å². The quantitative estimate of drug-likeness (QED) is 0.469. The molecule has 0 heterocycles. The van der Waals surface area contributed by atoms with Crippen LogP contribution in [-0.4, -0.2) is 44.1 Å². The van der Waals surface area contributed by atoms with Crippen LogP contribution in [0.5, 0.6) is 11.5 Å². The molecule has 0 radical (unpaired) electrons. The van der Waals surface area contributed by atoms with E-state index in [1.807, 2.05) is 6.92 Å². The first-order valence-corrected chi connectivity index (χ1v) is 9.15. The minimum Gasteiger partial charge on any atom is -0.494 e. The summed E-state index contributed by atoms with van der Waals surface area (Å²) in [6, 6.07) is 13.4. The maximum atomic E-state index is 12.0. The highest BCUT2D eigenvalue weighted by Gasteiger charge is 2.11. The van der Waals surface area contributed by atoms with Crippen LogP contribution in [0.3, 0.4) is 0 Å². The monoisotopic (exact) mass is 400 g/mol. The molecule has 2 rings (SSSR count). The summed E-state index contributed by atoms with van der Waals surface area (Å²) in [4.78, 5) is 34.9. The van der Waals surface area contributed by atoms with E-state index in [1.54, 1.807) is 36.4 Å². The van der Waals surface area contributed by atoms with Crippen molar-refractivity contribution in [2.45, 2.75) is 13.8 Å². The fourth-order valence-corrected chi connectivity index (χ4v) is 2.35. The summed E-state index contributed by atoms with van der Waals surface area (Å²) >= 11 is 0. The van der Waals surface area contributed by atoms with E-state index in [2.05, 4.69) is 10.6 Å². The lowest BCUT2D eigenvalue weighted by molar-refractivity contribution is -0.124. The lowest BCUT2D eigenvalue weighted by Crippen LogP contribution is -2.32. The Morgan fingerprint density at radius 1 is 0.966 bits per heavy atom. The zero-order chi connectivity index (χ0) is 21.1. The first-order valence-electron chi connectivity index (χ1n) is 9.15. The zero-order valence-corrected chi connectivity index (χ0v) is 16.4. The van der Waals surface area contributed by atoms with Gasteiger partial charge in [-0.15, -0.1) is 0 Å². The molecule has 154 valence electrons. The van der Waals surface area contributed by atoms with E-state index in [-0.39, 0.29) is 24.6 Å². The first-order chi connectivity index (χ1) is 14.0. The highest BCUT2D eigenvalue weighted by Crippen LogP contribution is 2.17. The van der Waals surface area contributed by atoms with Crippen LogP contribution in [0, 0.1) is 0 Å². The van der Waals surface area contributed by atoms with E-state index < -0.39 is 18.5 Å². The maximum absolute atomic E-state index is 12.0. The van der Waals surface area contributed by atoms with Crippen LogP contribution >= 0.6 is 0 Å². The second-order valence-corrected chi connectivity index (χ2v) is 5.94. The molecule has 0 aliphatic rings. The fourth-order valence-electron chi connectivity index (χ4n) is 2.35. The molecule has 0 fully saturated rings. The van der Waals surface area contributed by atoms with Crippen molar-refractivity contribution in [3.63, 3.8) is 0 Å². The number of esters is 1. The smallest absolute Gasteiger partial charge is 0.338 e. The SMILES string of the molecule is CCOc1ccc(OCCNC(=O)COC(=O)c2cccc(NC(C)=O)c2)cc1. The summed E-state index contributed by atoms with van der Waals surface area (Å²) in [5, 5.41) is 5.18. The van der Waals surface area contributed by atoms with Crippen molar-refractivity contribution in [2.75, 3.05) is 31.7 Å². The molecule has 0 unspecified atom stereocenters. The van der Waals surface area contributed by atoms with Gasteiger partial charge in [0.1, 0.15) is 18.1 Å². The summed E-state index contributed by atoms with van der Waals surface area (Å²) < 4.78 is 15.8. The zero-order valence-electron chi connectivity index (χ0n) is 16.4. The van der Waals surface area contributed by atoms with E-state index in [4.69, 9.17) is 14.2 Å². The second-order valence-electron chi connectivity index (χ2n) is 5.94. The number of hydrogen-bond donors (Lipinski definition) is 2. The molecule has 2 N–H and O–H groups in total. The molecule has 0 aliphatic carbocycles. The predicted octanol–water partition coefficient (Wildman–Crippen LogP) is 2.40. The standard InChI is InChI=1S/C21H24N2O6/c1-3-27-18-7-9-19(10-8-18)28-12-11-22-20(25)14-29-21(26)16-5-4-6-17(13-16)23-15(2)24/h4-10,13H,3,11-12,14H2,1-2H3,(H,22,25)(H,23,24). The van der Waals surface area contributed by atoms with Crippen molar-refractivity contribution in [1.82, 2.24) is 5.32 Å². The molecule has 0 aromatic heterocycles. The van der Waals surface area contributed by atoms with Crippen molar-refractivity contribution in [2.24, 2.45) is 0 Å². The van der Waals surface area contributed by atoms with Crippen LogP contribution in [0.4, 0.5) is 5.69 Å². The molecule has 2 aromatic carbocycles. The highest BCUT2D eigenvalue weighted by atomic mass is 16.5. The van der Waals surface area contributed by atoms with Crippen LogP contribution < -0.4 is 20.1 Å². The molecule has 2 aromatic rings. The van der Waals surface area contributed by atoms with E-state index >= 15 is 0 Å². The second kappa shape index (κ2) is 11.3. The van der Waals surface area contributed by atoms with Crippen LogP contribution in [-0.2, 0) is 14.3 Å². The van der Waals surface area contributed by atoms with E-state index in [0.717, 1.165) is 5.75 Å². The molecular weight excluding hydrogens is 376 g/mol. The average molecular weight is 400 g/mol. The Morgan fingerprint density at radius 2 is 1.66 bits per heavy atom. The minimum atomic E-state index is -0.655. The van der Waals surface area contributed by atoms with Gasteiger partial charge < -0.3 is 24.8 Å². The molecule has 29 heavy (non-hydrogen) atoms. The number of carbonyl (C=O) groups is 3. The third-order valence-corrected chi connectivity index (χ3v) is 3.58. The van der Waals surface area contributed by atoms with Gasteiger partial charge in [-0.1, -0.05) is 6.07 Å². The normalized spacial score (nSPS) is 10.0. The van der Waals surface area contributed by atoms with Crippen LogP contribution in [0.15, 0.2) is 48.5 Å². The van der Waals surface area contributed by atoms with Gasteiger partial charge in [0.2, 0.25) is 5.91 Å². The van der Waals surface area contributed by atoms with Gasteiger partial charge in [0.25, 0.3) is 5.91 Å². The number of ether oxygens (including phenoxy) is 3. The molecular formula is C21H24N2O6. The van der Waals surface area contributed by atoms with Crippen molar-refractivity contribution in [3.8, 4) is 11.5 Å².